The van der Waals surface area contributed by atoms with Crippen LogP contribution in [-0.4, -0.2) is 172 Å². The fraction of sp³-hybridized carbons (Fsp3) is 0.683. The van der Waals surface area contributed by atoms with Gasteiger partial charge < -0.3 is 91.6 Å². The zero-order chi connectivity index (χ0) is 54.7. The van der Waals surface area contributed by atoms with Crippen LogP contribution in [-0.2, 0) is 52.7 Å². The Labute approximate surface area is 409 Å². The maximum atomic E-state index is 13.8. The quantitative estimate of drug-likeness (QED) is 0.0162. The van der Waals surface area contributed by atoms with Crippen molar-refractivity contribution in [1.82, 2.24) is 42.5 Å². The molecule has 0 unspecified atom stereocenters. The number of hydrogen-bond acceptors (Lipinski definition) is 15. The van der Waals surface area contributed by atoms with Crippen LogP contribution < -0.4 is 71.2 Å². The maximum absolute atomic E-state index is 13.8. The van der Waals surface area contributed by atoms with Crippen LogP contribution in [0.1, 0.15) is 92.9 Å². The second kappa shape index (κ2) is 32.4. The SMILES string of the molecule is CC(=O)N[C@@H](CCCN=C(N)N)C(=O)N[C@H](C(=O)N[C@@H](CC(=O)O)C(=O)N[C@@H](CC(C)C)C(=O)N[C@H](CC(=O)O)C(=O)N[C@H](CO)C(=O)N[C@@H](CC(C)C)C(=O)N[C@@H](CCCN=C(N)N)C(N)=O)[C@@H](C)O. The number of amides is 9. The lowest BCUT2D eigenvalue weighted by Gasteiger charge is -2.28. The van der Waals surface area contributed by atoms with Gasteiger partial charge in [-0.25, -0.2) is 0 Å². The van der Waals surface area contributed by atoms with Crippen LogP contribution in [0.25, 0.3) is 0 Å². The molecule has 0 aromatic rings. The molecule has 0 spiro atoms. The largest absolute Gasteiger partial charge is 0.481 e. The molecule has 0 aromatic carbocycles. The number of aliphatic carboxylic acids is 2. The van der Waals surface area contributed by atoms with Crippen LogP contribution in [0.4, 0.5) is 0 Å². The van der Waals surface area contributed by atoms with Gasteiger partial charge in [0.2, 0.25) is 53.2 Å². The third-order valence-electron chi connectivity index (χ3n) is 9.83. The van der Waals surface area contributed by atoms with E-state index in [4.69, 9.17) is 28.7 Å². The number of nitrogens with one attached hydrogen (secondary N) is 8. The van der Waals surface area contributed by atoms with Crippen molar-refractivity contribution in [3.8, 4) is 0 Å². The molecule has 22 N–H and O–H groups in total. The maximum Gasteiger partial charge on any atom is 0.305 e. The first-order chi connectivity index (χ1) is 33.0. The molecule has 0 bridgehead atoms. The number of hydrogen-bond donors (Lipinski definition) is 17. The lowest BCUT2D eigenvalue weighted by molar-refractivity contribution is -0.142. The van der Waals surface area contributed by atoms with Crippen LogP contribution in [0.15, 0.2) is 9.98 Å². The molecule has 0 fully saturated rings. The lowest BCUT2D eigenvalue weighted by Crippen LogP contribution is -2.62. The number of rotatable bonds is 34. The van der Waals surface area contributed by atoms with Crippen LogP contribution in [0.3, 0.4) is 0 Å². The topological polar surface area (TPSA) is 520 Å². The van der Waals surface area contributed by atoms with Gasteiger partial charge in [0.25, 0.3) is 0 Å². The minimum Gasteiger partial charge on any atom is -0.481 e. The highest BCUT2D eigenvalue weighted by Crippen LogP contribution is 2.11. The van der Waals surface area contributed by atoms with Gasteiger partial charge in [0.15, 0.2) is 11.9 Å². The van der Waals surface area contributed by atoms with Gasteiger partial charge in [-0.1, -0.05) is 27.7 Å². The highest BCUT2D eigenvalue weighted by atomic mass is 16.4. The van der Waals surface area contributed by atoms with Gasteiger partial charge in [-0.15, -0.1) is 0 Å². The monoisotopic (exact) mass is 1020 g/mol. The summed E-state index contributed by atoms with van der Waals surface area (Å²) in [4.78, 5) is 150. The molecular formula is C41H73N15O15. The number of nitrogens with two attached hydrogens (primary N) is 5. The molecule has 0 aliphatic heterocycles. The number of aliphatic hydroxyl groups excluding tert-OH is 2. The molecule has 9 amide bonds. The van der Waals surface area contributed by atoms with Crippen LogP contribution >= 0.6 is 0 Å². The Morgan fingerprint density at radius 1 is 0.465 bits per heavy atom. The summed E-state index contributed by atoms with van der Waals surface area (Å²) in [5.41, 5.74) is 26.7. The molecule has 0 rings (SSSR count). The minimum atomic E-state index is -1.99. The summed E-state index contributed by atoms with van der Waals surface area (Å²) >= 11 is 0. The Morgan fingerprint density at radius 2 is 0.803 bits per heavy atom. The molecule has 30 nitrogen and oxygen atoms in total. The minimum absolute atomic E-state index is 0.0114. The van der Waals surface area contributed by atoms with Gasteiger partial charge in [0.05, 0.1) is 25.6 Å². The van der Waals surface area contributed by atoms with E-state index in [9.17, 15) is 73.2 Å². The van der Waals surface area contributed by atoms with Crippen molar-refractivity contribution in [3.63, 3.8) is 0 Å². The van der Waals surface area contributed by atoms with Crippen molar-refractivity contribution in [3.05, 3.63) is 0 Å². The summed E-state index contributed by atoms with van der Waals surface area (Å²) in [5, 5.41) is 58.1. The second-order valence-corrected chi connectivity index (χ2v) is 17.3. The highest BCUT2D eigenvalue weighted by molar-refractivity contribution is 5.99. The normalized spacial score (nSPS) is 14.7. The third-order valence-corrected chi connectivity index (χ3v) is 9.83. The van der Waals surface area contributed by atoms with E-state index in [1.807, 2.05) is 0 Å². The van der Waals surface area contributed by atoms with E-state index in [-0.39, 0.29) is 69.5 Å². The summed E-state index contributed by atoms with van der Waals surface area (Å²) < 4.78 is 0. The number of carbonyl (C=O) groups is 11. The van der Waals surface area contributed by atoms with Crippen molar-refractivity contribution in [2.75, 3.05) is 19.7 Å². The summed E-state index contributed by atoms with van der Waals surface area (Å²) in [6, 6.07) is -13.1. The van der Waals surface area contributed by atoms with E-state index in [0.29, 0.717) is 0 Å². The van der Waals surface area contributed by atoms with E-state index >= 15 is 0 Å². The Balaban J connectivity index is 6.40. The number of aliphatic hydroxyl groups is 2. The van der Waals surface area contributed by atoms with Crippen molar-refractivity contribution < 1.29 is 73.2 Å². The van der Waals surface area contributed by atoms with E-state index in [1.54, 1.807) is 27.7 Å². The average molecular weight is 1020 g/mol. The molecule has 0 aliphatic carbocycles. The number of nitrogens with zero attached hydrogens (tertiary/aromatic N) is 2. The predicted molar refractivity (Wildman–Crippen MR) is 252 cm³/mol. The number of carboxylic acid groups (broad SMARTS) is 2. The first-order valence-electron chi connectivity index (χ1n) is 22.5. The van der Waals surface area contributed by atoms with Gasteiger partial charge in [-0.3, -0.25) is 62.7 Å². The zero-order valence-corrected chi connectivity index (χ0v) is 40.7. The molecule has 0 radical (unpaired) electrons. The molecular weight excluding hydrogens is 943 g/mol. The Morgan fingerprint density at radius 3 is 1.15 bits per heavy atom. The van der Waals surface area contributed by atoms with E-state index < -0.39 is 145 Å². The molecule has 0 saturated heterocycles. The molecule has 0 saturated carbocycles. The first kappa shape index (κ1) is 63.6. The lowest BCUT2D eigenvalue weighted by atomic mass is 10.0. The van der Waals surface area contributed by atoms with Crippen LogP contribution in [0, 0.1) is 11.8 Å². The molecule has 30 heteroatoms. The van der Waals surface area contributed by atoms with Gasteiger partial charge in [-0.05, 0) is 57.3 Å². The standard InChI is InChI=1S/C41H73N15O15/c1-18(2)13-24(34(66)50-22(32(42)64)9-7-11-47-40(43)44)52-38(70)28(17-57)55-37(69)26(15-29(60)61)53-35(67)25(14-19(3)4)51-36(68)27(16-30(62)63)54-39(71)31(20(5)58)56-33(65)23(49-21(6)59)10-8-12-48-41(45)46/h18-20,22-28,31,57-58H,7-17H2,1-6H3,(H2,42,64)(H,49,59)(H,50,66)(H,51,68)(H,52,70)(H,53,67)(H,54,71)(H,55,69)(H,56,65)(H,60,61)(H,62,63)(H4,43,44,47)(H4,45,46,48)/t20-,22+,23+,24+,25+,26-,27+,28-,31+/m1/s1. The molecule has 0 heterocycles. The number of carbonyl (C=O) groups excluding carboxylic acids is 9. The van der Waals surface area contributed by atoms with Gasteiger partial charge in [0.1, 0.15) is 48.3 Å². The molecule has 71 heavy (non-hydrogen) atoms. The highest BCUT2D eigenvalue weighted by Gasteiger charge is 2.37. The molecule has 9 atom stereocenters. The van der Waals surface area contributed by atoms with E-state index in [2.05, 4.69) is 52.5 Å². The Hall–Kier alpha value is -7.37. The van der Waals surface area contributed by atoms with Gasteiger partial charge in [-0.2, -0.15) is 0 Å². The van der Waals surface area contributed by atoms with Crippen molar-refractivity contribution in [2.45, 2.75) is 147 Å². The number of aliphatic imine (C=N–C) groups is 2. The van der Waals surface area contributed by atoms with Gasteiger partial charge in [0, 0.05) is 20.0 Å². The summed E-state index contributed by atoms with van der Waals surface area (Å²) in [5.74, 6) is -13.8. The first-order valence-corrected chi connectivity index (χ1v) is 22.5. The number of carboxylic acids is 2. The molecule has 402 valence electrons. The zero-order valence-electron chi connectivity index (χ0n) is 40.7. The summed E-state index contributed by atoms with van der Waals surface area (Å²) in [6.07, 6.45) is -3.70. The summed E-state index contributed by atoms with van der Waals surface area (Å²) in [7, 11) is 0. The number of guanidine groups is 2. The average Bonchev–Trinajstić information content (AvgIpc) is 3.24. The van der Waals surface area contributed by atoms with Crippen molar-refractivity contribution >= 4 is 77.0 Å². The smallest absolute Gasteiger partial charge is 0.305 e. The fourth-order valence-corrected chi connectivity index (χ4v) is 6.46. The van der Waals surface area contributed by atoms with E-state index in [1.165, 1.54) is 0 Å². The predicted octanol–water partition coefficient (Wildman–Crippen LogP) is -7.11. The second-order valence-electron chi connectivity index (χ2n) is 17.3. The van der Waals surface area contributed by atoms with Crippen LogP contribution in [0.5, 0.6) is 0 Å². The molecule has 0 aliphatic rings. The number of primary amides is 1. The molecule has 0 aromatic heterocycles. The fourth-order valence-electron chi connectivity index (χ4n) is 6.46. The van der Waals surface area contributed by atoms with Crippen molar-refractivity contribution in [2.24, 2.45) is 50.5 Å². The Kier molecular flexibility index (Phi) is 29.1. The summed E-state index contributed by atoms with van der Waals surface area (Å²) in [6.45, 7) is 7.93. The Bertz CT molecular complexity index is 1920. The van der Waals surface area contributed by atoms with Crippen molar-refractivity contribution in [1.29, 1.82) is 0 Å². The van der Waals surface area contributed by atoms with Crippen LogP contribution in [0.2, 0.25) is 0 Å². The third kappa shape index (κ3) is 26.8. The van der Waals surface area contributed by atoms with E-state index in [0.717, 1.165) is 13.8 Å². The van der Waals surface area contributed by atoms with Gasteiger partial charge >= 0.3 is 11.9 Å².